The summed E-state index contributed by atoms with van der Waals surface area (Å²) in [5.41, 5.74) is 1.02. The van der Waals surface area contributed by atoms with Crippen molar-refractivity contribution in [2.75, 3.05) is 13.2 Å². The van der Waals surface area contributed by atoms with E-state index in [-0.39, 0.29) is 0 Å². The minimum absolute atomic E-state index is 0.300. The van der Waals surface area contributed by atoms with Crippen LogP contribution in [0.4, 0.5) is 0 Å². The standard InChI is InChI=1S/C18H22O6.C6H10O2/c1-13(17(19)20)5-3-11-23-15-7-9-16(10-8-15)24-12-4-6-14(2)18(21)22;1-3-4-5(2)6(7)8/h5-10H,3-4,11-12H2,1-2H3,(H,19,20)(H,21,22);4H,3H2,1-2H3,(H,7,8). The number of hydrogen-bond donors (Lipinski definition) is 3. The topological polar surface area (TPSA) is 130 Å². The largest absolute Gasteiger partial charge is 0.493 e. The maximum atomic E-state index is 10.6. The molecule has 1 aromatic carbocycles. The summed E-state index contributed by atoms with van der Waals surface area (Å²) in [6, 6.07) is 7.06. The van der Waals surface area contributed by atoms with E-state index >= 15 is 0 Å². The average Bonchev–Trinajstić information content (AvgIpc) is 2.75. The van der Waals surface area contributed by atoms with Gasteiger partial charge in [0.1, 0.15) is 11.5 Å². The maximum Gasteiger partial charge on any atom is 0.330 e. The first kappa shape index (κ1) is 28.5. The van der Waals surface area contributed by atoms with E-state index in [4.69, 9.17) is 24.8 Å². The van der Waals surface area contributed by atoms with Crippen LogP contribution in [0.5, 0.6) is 11.5 Å². The van der Waals surface area contributed by atoms with Gasteiger partial charge in [-0.25, -0.2) is 14.4 Å². The summed E-state index contributed by atoms with van der Waals surface area (Å²) < 4.78 is 11.0. The van der Waals surface area contributed by atoms with E-state index in [0.717, 1.165) is 6.42 Å². The van der Waals surface area contributed by atoms with Crippen LogP contribution in [0.1, 0.15) is 47.0 Å². The number of carboxylic acid groups (broad SMARTS) is 3. The van der Waals surface area contributed by atoms with Gasteiger partial charge in [-0.1, -0.05) is 25.2 Å². The van der Waals surface area contributed by atoms with E-state index in [1.165, 1.54) is 0 Å². The number of rotatable bonds is 12. The predicted molar refractivity (Wildman–Crippen MR) is 121 cm³/mol. The number of allylic oxidation sites excluding steroid dienone is 1. The molecule has 0 aliphatic rings. The summed E-state index contributed by atoms with van der Waals surface area (Å²) in [7, 11) is 0. The lowest BCUT2D eigenvalue weighted by molar-refractivity contribution is -0.133. The second kappa shape index (κ2) is 16.2. The van der Waals surface area contributed by atoms with Gasteiger partial charge in [0.05, 0.1) is 13.2 Å². The minimum atomic E-state index is -0.926. The molecule has 0 amide bonds. The highest BCUT2D eigenvalue weighted by Crippen LogP contribution is 2.18. The normalized spacial score (nSPS) is 11.8. The van der Waals surface area contributed by atoms with Gasteiger partial charge < -0.3 is 24.8 Å². The van der Waals surface area contributed by atoms with Crippen LogP contribution in [-0.4, -0.2) is 46.4 Å². The van der Waals surface area contributed by atoms with E-state index < -0.39 is 17.9 Å². The molecule has 176 valence electrons. The van der Waals surface area contributed by atoms with E-state index in [1.807, 2.05) is 6.92 Å². The second-order valence-corrected chi connectivity index (χ2v) is 6.73. The van der Waals surface area contributed by atoms with Gasteiger partial charge in [-0.15, -0.1) is 0 Å². The SMILES string of the molecule is CC(=CCCOc1ccc(OCCC=C(C)C(=O)O)cc1)C(=O)O.CCC=C(C)C(=O)O. The van der Waals surface area contributed by atoms with Crippen LogP contribution in [-0.2, 0) is 14.4 Å². The van der Waals surface area contributed by atoms with Crippen molar-refractivity contribution in [3.63, 3.8) is 0 Å². The van der Waals surface area contributed by atoms with Crippen LogP contribution in [0, 0.1) is 0 Å². The van der Waals surface area contributed by atoms with Crippen molar-refractivity contribution in [2.45, 2.75) is 47.0 Å². The molecule has 0 spiro atoms. The summed E-state index contributed by atoms with van der Waals surface area (Å²) in [6.45, 7) is 7.37. The molecule has 0 radical (unpaired) electrons. The first-order valence-electron chi connectivity index (χ1n) is 10.1. The number of carbonyl (C=O) groups is 3. The van der Waals surface area contributed by atoms with Gasteiger partial charge in [0.25, 0.3) is 0 Å². The van der Waals surface area contributed by atoms with Crippen LogP contribution >= 0.6 is 0 Å². The van der Waals surface area contributed by atoms with Crippen molar-refractivity contribution in [1.82, 2.24) is 0 Å². The number of benzene rings is 1. The van der Waals surface area contributed by atoms with E-state index in [1.54, 1.807) is 63.3 Å². The molecule has 0 fully saturated rings. The van der Waals surface area contributed by atoms with Crippen molar-refractivity contribution in [2.24, 2.45) is 0 Å². The Hall–Kier alpha value is -3.55. The molecule has 0 heterocycles. The van der Waals surface area contributed by atoms with Crippen LogP contribution in [0.2, 0.25) is 0 Å². The third kappa shape index (κ3) is 13.6. The molecule has 0 saturated heterocycles. The molecule has 8 nitrogen and oxygen atoms in total. The predicted octanol–water partition coefficient (Wildman–Crippen LogP) is 4.71. The maximum absolute atomic E-state index is 10.6. The zero-order valence-electron chi connectivity index (χ0n) is 19.0. The fraction of sp³-hybridized carbons (Fsp3) is 0.375. The lowest BCUT2D eigenvalue weighted by Gasteiger charge is -2.07. The van der Waals surface area contributed by atoms with Crippen molar-refractivity contribution < 1.29 is 39.2 Å². The fourth-order valence-electron chi connectivity index (χ4n) is 2.10. The molecule has 0 atom stereocenters. The van der Waals surface area contributed by atoms with Gasteiger partial charge in [-0.2, -0.15) is 0 Å². The highest BCUT2D eigenvalue weighted by molar-refractivity contribution is 5.86. The molecule has 8 heteroatoms. The number of hydrogen-bond acceptors (Lipinski definition) is 5. The summed E-state index contributed by atoms with van der Waals surface area (Å²) in [6.07, 6.45) is 6.75. The first-order valence-corrected chi connectivity index (χ1v) is 10.1. The molecule has 1 rings (SSSR count). The van der Waals surface area contributed by atoms with Crippen molar-refractivity contribution >= 4 is 17.9 Å². The number of ether oxygens (including phenoxy) is 2. The van der Waals surface area contributed by atoms with E-state index in [9.17, 15) is 14.4 Å². The molecular weight excluding hydrogens is 416 g/mol. The summed E-state index contributed by atoms with van der Waals surface area (Å²) >= 11 is 0. The molecule has 1 aromatic rings. The Bertz CT molecular complexity index is 777. The van der Waals surface area contributed by atoms with Gasteiger partial charge in [-0.3, -0.25) is 0 Å². The minimum Gasteiger partial charge on any atom is -0.493 e. The van der Waals surface area contributed by atoms with E-state index in [2.05, 4.69) is 0 Å². The third-order valence-electron chi connectivity index (χ3n) is 4.02. The molecule has 0 aromatic heterocycles. The van der Waals surface area contributed by atoms with Crippen LogP contribution < -0.4 is 9.47 Å². The highest BCUT2D eigenvalue weighted by atomic mass is 16.5. The lowest BCUT2D eigenvalue weighted by Crippen LogP contribution is -2.00. The number of aliphatic carboxylic acids is 3. The van der Waals surface area contributed by atoms with Crippen molar-refractivity contribution in [3.8, 4) is 11.5 Å². The Balaban J connectivity index is 0.00000102. The van der Waals surface area contributed by atoms with E-state index in [0.29, 0.717) is 54.3 Å². The molecule has 0 unspecified atom stereocenters. The molecule has 0 aliphatic heterocycles. The summed E-state index contributed by atoms with van der Waals surface area (Å²) in [5, 5.41) is 25.7. The van der Waals surface area contributed by atoms with Crippen LogP contribution in [0.3, 0.4) is 0 Å². The zero-order chi connectivity index (χ0) is 24.5. The monoisotopic (exact) mass is 448 g/mol. The zero-order valence-corrected chi connectivity index (χ0v) is 19.0. The molecule has 32 heavy (non-hydrogen) atoms. The second-order valence-electron chi connectivity index (χ2n) is 6.73. The molecule has 0 saturated carbocycles. The Kier molecular flexibility index (Phi) is 14.4. The molecular formula is C24H32O8. The molecule has 0 aliphatic carbocycles. The van der Waals surface area contributed by atoms with Crippen molar-refractivity contribution in [1.29, 1.82) is 0 Å². The fourth-order valence-corrected chi connectivity index (χ4v) is 2.10. The van der Waals surface area contributed by atoms with Gasteiger partial charge in [0.15, 0.2) is 0 Å². The Morgan fingerprint density at radius 1 is 0.688 bits per heavy atom. The van der Waals surface area contributed by atoms with Gasteiger partial charge >= 0.3 is 17.9 Å². The smallest absolute Gasteiger partial charge is 0.330 e. The Morgan fingerprint density at radius 3 is 1.25 bits per heavy atom. The van der Waals surface area contributed by atoms with Gasteiger partial charge in [0, 0.05) is 29.6 Å². The lowest BCUT2D eigenvalue weighted by atomic mass is 10.2. The highest BCUT2D eigenvalue weighted by Gasteiger charge is 2.01. The number of carboxylic acids is 3. The third-order valence-corrected chi connectivity index (χ3v) is 4.02. The molecule has 3 N–H and O–H groups in total. The van der Waals surface area contributed by atoms with Gasteiger partial charge in [0.2, 0.25) is 0 Å². The Labute approximate surface area is 188 Å². The summed E-state index contributed by atoms with van der Waals surface area (Å²) in [5.74, 6) is -1.34. The average molecular weight is 449 g/mol. The molecule has 0 bridgehead atoms. The summed E-state index contributed by atoms with van der Waals surface area (Å²) in [4.78, 5) is 31.3. The van der Waals surface area contributed by atoms with Crippen LogP contribution in [0.25, 0.3) is 0 Å². The van der Waals surface area contributed by atoms with Crippen LogP contribution in [0.15, 0.2) is 59.2 Å². The Morgan fingerprint density at radius 2 is 1.00 bits per heavy atom. The first-order chi connectivity index (χ1) is 15.1. The van der Waals surface area contributed by atoms with Crippen molar-refractivity contribution in [3.05, 3.63) is 59.2 Å². The van der Waals surface area contributed by atoms with Gasteiger partial charge in [-0.05, 0) is 51.5 Å². The quantitative estimate of drug-likeness (QED) is 0.309.